The highest BCUT2D eigenvalue weighted by atomic mass is 19.3. The van der Waals surface area contributed by atoms with Gasteiger partial charge in [0.15, 0.2) is 5.78 Å². The second-order valence-electron chi connectivity index (χ2n) is 4.71. The van der Waals surface area contributed by atoms with Crippen LogP contribution < -0.4 is 14.2 Å². The van der Waals surface area contributed by atoms with Crippen molar-refractivity contribution in [2.45, 2.75) is 6.61 Å². The lowest BCUT2D eigenvalue weighted by atomic mass is 10.1. The molecule has 0 aliphatic carbocycles. The molecule has 0 aliphatic heterocycles. The molecule has 2 rings (SSSR count). The average Bonchev–Trinajstić information content (AvgIpc) is 2.59. The summed E-state index contributed by atoms with van der Waals surface area (Å²) < 4.78 is 39.1. The minimum absolute atomic E-state index is 0.0665. The highest BCUT2D eigenvalue weighted by Gasteiger charge is 2.08. The van der Waals surface area contributed by atoms with Crippen LogP contribution in [0, 0.1) is 0 Å². The lowest BCUT2D eigenvalue weighted by Gasteiger charge is -2.07. The molecule has 0 spiro atoms. The molecule has 0 fully saturated rings. The van der Waals surface area contributed by atoms with E-state index < -0.39 is 6.61 Å². The summed E-state index contributed by atoms with van der Waals surface area (Å²) >= 11 is 0. The zero-order valence-electron chi connectivity index (χ0n) is 13.2. The van der Waals surface area contributed by atoms with E-state index in [1.807, 2.05) is 0 Å². The molecule has 6 heteroatoms. The Morgan fingerprint density at radius 3 is 2.50 bits per heavy atom. The van der Waals surface area contributed by atoms with E-state index in [0.717, 1.165) is 0 Å². The molecule has 0 aliphatic rings. The third kappa shape index (κ3) is 4.55. The van der Waals surface area contributed by atoms with E-state index >= 15 is 0 Å². The molecular formula is C18H16F2O4. The first kappa shape index (κ1) is 17.5. The van der Waals surface area contributed by atoms with Gasteiger partial charge in [-0.05, 0) is 42.5 Å². The van der Waals surface area contributed by atoms with Gasteiger partial charge >= 0.3 is 6.61 Å². The number of alkyl halides is 2. The SMILES string of the molecule is COc1ccc(OC)c(C=CC(=O)c2cccc(OC(F)F)c2)c1. The van der Waals surface area contributed by atoms with Crippen molar-refractivity contribution >= 4 is 11.9 Å². The van der Waals surface area contributed by atoms with Gasteiger partial charge in [0.25, 0.3) is 0 Å². The molecule has 126 valence electrons. The number of benzene rings is 2. The Morgan fingerprint density at radius 2 is 1.83 bits per heavy atom. The van der Waals surface area contributed by atoms with Crippen LogP contribution in [0.25, 0.3) is 6.08 Å². The van der Waals surface area contributed by atoms with Gasteiger partial charge in [-0.3, -0.25) is 4.79 Å². The van der Waals surface area contributed by atoms with E-state index in [1.54, 1.807) is 24.3 Å². The number of hydrogen-bond donors (Lipinski definition) is 0. The third-order valence-corrected chi connectivity index (χ3v) is 3.19. The Bertz CT molecular complexity index is 742. The number of hydrogen-bond acceptors (Lipinski definition) is 4. The van der Waals surface area contributed by atoms with Gasteiger partial charge in [0.05, 0.1) is 14.2 Å². The fourth-order valence-corrected chi connectivity index (χ4v) is 2.06. The fourth-order valence-electron chi connectivity index (χ4n) is 2.06. The van der Waals surface area contributed by atoms with Crippen LogP contribution in [0.1, 0.15) is 15.9 Å². The van der Waals surface area contributed by atoms with Gasteiger partial charge < -0.3 is 14.2 Å². The highest BCUT2D eigenvalue weighted by Crippen LogP contribution is 2.25. The van der Waals surface area contributed by atoms with Crippen molar-refractivity contribution in [2.24, 2.45) is 0 Å². The summed E-state index contributed by atoms with van der Waals surface area (Å²) in [7, 11) is 3.06. The smallest absolute Gasteiger partial charge is 0.387 e. The van der Waals surface area contributed by atoms with Crippen LogP contribution >= 0.6 is 0 Å². The summed E-state index contributed by atoms with van der Waals surface area (Å²) in [5.74, 6) is 0.785. The van der Waals surface area contributed by atoms with E-state index in [2.05, 4.69) is 4.74 Å². The van der Waals surface area contributed by atoms with Gasteiger partial charge in [0.2, 0.25) is 0 Å². The van der Waals surface area contributed by atoms with Crippen LogP contribution in [0.15, 0.2) is 48.5 Å². The van der Waals surface area contributed by atoms with Crippen molar-refractivity contribution in [3.8, 4) is 17.2 Å². The zero-order valence-corrected chi connectivity index (χ0v) is 13.2. The van der Waals surface area contributed by atoms with Crippen molar-refractivity contribution in [1.82, 2.24) is 0 Å². The Labute approximate surface area is 138 Å². The highest BCUT2D eigenvalue weighted by molar-refractivity contribution is 6.07. The summed E-state index contributed by atoms with van der Waals surface area (Å²) in [6.07, 6.45) is 2.91. The normalized spacial score (nSPS) is 10.9. The molecule has 2 aromatic carbocycles. The Balaban J connectivity index is 2.21. The quantitative estimate of drug-likeness (QED) is 0.562. The van der Waals surface area contributed by atoms with Crippen molar-refractivity contribution in [3.05, 3.63) is 59.7 Å². The zero-order chi connectivity index (χ0) is 17.5. The second kappa shape index (κ2) is 8.10. The monoisotopic (exact) mass is 334 g/mol. The number of ketones is 1. The molecule has 2 aromatic rings. The number of methoxy groups -OCH3 is 2. The van der Waals surface area contributed by atoms with Gasteiger partial charge in [-0.15, -0.1) is 0 Å². The Kier molecular flexibility index (Phi) is 5.89. The average molecular weight is 334 g/mol. The first-order valence-electron chi connectivity index (χ1n) is 7.03. The molecule has 0 saturated carbocycles. The van der Waals surface area contributed by atoms with Gasteiger partial charge in [0.1, 0.15) is 17.2 Å². The Morgan fingerprint density at radius 1 is 1.04 bits per heavy atom. The molecule has 0 amide bonds. The maximum absolute atomic E-state index is 12.2. The predicted molar refractivity (Wildman–Crippen MR) is 86.0 cm³/mol. The largest absolute Gasteiger partial charge is 0.497 e. The number of halogens is 2. The Hall–Kier alpha value is -2.89. The topological polar surface area (TPSA) is 44.8 Å². The summed E-state index contributed by atoms with van der Waals surface area (Å²) in [6, 6.07) is 10.8. The standard InChI is InChI=1S/C18H16F2O4/c1-22-14-7-9-17(23-2)13(11-14)6-8-16(21)12-4-3-5-15(10-12)24-18(19)20/h3-11,18H,1-2H3. The number of carbonyl (C=O) groups excluding carboxylic acids is 1. The number of allylic oxidation sites excluding steroid dienone is 1. The van der Waals surface area contributed by atoms with E-state index in [0.29, 0.717) is 17.1 Å². The van der Waals surface area contributed by atoms with Gasteiger partial charge in [-0.2, -0.15) is 8.78 Å². The van der Waals surface area contributed by atoms with Crippen molar-refractivity contribution in [1.29, 1.82) is 0 Å². The van der Waals surface area contributed by atoms with E-state index in [9.17, 15) is 13.6 Å². The molecule has 0 saturated heterocycles. The molecule has 0 atom stereocenters. The molecular weight excluding hydrogens is 318 g/mol. The molecule has 24 heavy (non-hydrogen) atoms. The number of rotatable bonds is 7. The molecule has 0 unspecified atom stereocenters. The predicted octanol–water partition coefficient (Wildman–Crippen LogP) is 4.20. The van der Waals surface area contributed by atoms with Crippen molar-refractivity contribution < 1.29 is 27.8 Å². The van der Waals surface area contributed by atoms with Gasteiger partial charge in [0, 0.05) is 11.1 Å². The van der Waals surface area contributed by atoms with E-state index in [4.69, 9.17) is 9.47 Å². The summed E-state index contributed by atoms with van der Waals surface area (Å²) in [6.45, 7) is -2.94. The van der Waals surface area contributed by atoms with Crippen LogP contribution in [0.3, 0.4) is 0 Å². The molecule has 0 heterocycles. The molecule has 0 radical (unpaired) electrons. The maximum Gasteiger partial charge on any atom is 0.387 e. The second-order valence-corrected chi connectivity index (χ2v) is 4.71. The van der Waals surface area contributed by atoms with Gasteiger partial charge in [-0.25, -0.2) is 0 Å². The first-order chi connectivity index (χ1) is 11.5. The van der Waals surface area contributed by atoms with Crippen molar-refractivity contribution in [3.63, 3.8) is 0 Å². The molecule has 4 nitrogen and oxygen atoms in total. The minimum atomic E-state index is -2.94. The maximum atomic E-state index is 12.2. The van der Waals surface area contributed by atoms with E-state index in [1.165, 1.54) is 44.6 Å². The number of carbonyl (C=O) groups is 1. The lowest BCUT2D eigenvalue weighted by molar-refractivity contribution is -0.0498. The van der Waals surface area contributed by atoms with Crippen LogP contribution in [0.5, 0.6) is 17.2 Å². The van der Waals surface area contributed by atoms with E-state index in [-0.39, 0.29) is 17.1 Å². The lowest BCUT2D eigenvalue weighted by Crippen LogP contribution is -2.03. The van der Waals surface area contributed by atoms with Crippen LogP contribution in [-0.2, 0) is 0 Å². The summed E-state index contributed by atoms with van der Waals surface area (Å²) in [5.41, 5.74) is 0.899. The molecule has 0 aromatic heterocycles. The molecule has 0 N–H and O–H groups in total. The molecule has 0 bridgehead atoms. The number of ether oxygens (including phenoxy) is 3. The summed E-state index contributed by atoms with van der Waals surface area (Å²) in [5, 5.41) is 0. The summed E-state index contributed by atoms with van der Waals surface area (Å²) in [4.78, 5) is 12.2. The third-order valence-electron chi connectivity index (χ3n) is 3.19. The van der Waals surface area contributed by atoms with Crippen molar-refractivity contribution in [2.75, 3.05) is 14.2 Å². The first-order valence-corrected chi connectivity index (χ1v) is 7.03. The minimum Gasteiger partial charge on any atom is -0.497 e. The fraction of sp³-hybridized carbons (Fsp3) is 0.167. The van der Waals surface area contributed by atoms with Crippen LogP contribution in [0.2, 0.25) is 0 Å². The van der Waals surface area contributed by atoms with Crippen LogP contribution in [0.4, 0.5) is 8.78 Å². The van der Waals surface area contributed by atoms with Gasteiger partial charge in [-0.1, -0.05) is 12.1 Å². The van der Waals surface area contributed by atoms with Crippen LogP contribution in [-0.4, -0.2) is 26.6 Å².